The number of hydrogen-bond acceptors (Lipinski definition) is 2. The number of carbonyl (C=O) groups excluding carboxylic acids is 1. The summed E-state index contributed by atoms with van der Waals surface area (Å²) < 4.78 is 0. The molecule has 0 aromatic rings. The molecule has 1 amide bonds. The molecular formula is C11H21NO2. The Bertz CT molecular complexity index is 192. The summed E-state index contributed by atoms with van der Waals surface area (Å²) in [6, 6.07) is 0. The Morgan fingerprint density at radius 1 is 1.64 bits per heavy atom. The molecule has 0 aliphatic carbocycles. The Kier molecular flexibility index (Phi) is 4.39. The fourth-order valence-corrected chi connectivity index (χ4v) is 1.92. The van der Waals surface area contributed by atoms with Crippen LogP contribution in [0.5, 0.6) is 0 Å². The Morgan fingerprint density at radius 2 is 2.36 bits per heavy atom. The molecule has 1 saturated heterocycles. The molecule has 0 saturated carbocycles. The second-order valence-electron chi connectivity index (χ2n) is 4.31. The molecule has 0 bridgehead atoms. The number of amides is 1. The summed E-state index contributed by atoms with van der Waals surface area (Å²) in [7, 11) is 0. The summed E-state index contributed by atoms with van der Waals surface area (Å²) >= 11 is 0. The highest BCUT2D eigenvalue weighted by Gasteiger charge is 2.27. The molecule has 2 atom stereocenters. The van der Waals surface area contributed by atoms with Gasteiger partial charge in [0.15, 0.2) is 0 Å². The lowest BCUT2D eigenvalue weighted by atomic mass is 10.1. The Balaban J connectivity index is 2.21. The van der Waals surface area contributed by atoms with Gasteiger partial charge in [0.25, 0.3) is 0 Å². The van der Waals surface area contributed by atoms with Crippen molar-refractivity contribution in [3.8, 4) is 0 Å². The summed E-state index contributed by atoms with van der Waals surface area (Å²) in [6.07, 6.45) is 3.29. The summed E-state index contributed by atoms with van der Waals surface area (Å²) in [6.45, 7) is 5.67. The van der Waals surface area contributed by atoms with Crippen molar-refractivity contribution in [2.24, 2.45) is 5.92 Å². The van der Waals surface area contributed by atoms with Crippen molar-refractivity contribution < 1.29 is 9.90 Å². The van der Waals surface area contributed by atoms with Crippen molar-refractivity contribution in [2.45, 2.75) is 45.6 Å². The second-order valence-corrected chi connectivity index (χ2v) is 4.31. The third kappa shape index (κ3) is 3.29. The average Bonchev–Trinajstić information content (AvgIpc) is 2.47. The smallest absolute Gasteiger partial charge is 0.222 e. The predicted octanol–water partition coefficient (Wildman–Crippen LogP) is 1.41. The Morgan fingerprint density at radius 3 is 2.86 bits per heavy atom. The van der Waals surface area contributed by atoms with Gasteiger partial charge in [0.2, 0.25) is 5.91 Å². The fraction of sp³-hybridized carbons (Fsp3) is 0.909. The minimum atomic E-state index is -0.241. The van der Waals surface area contributed by atoms with Crippen LogP contribution in [-0.2, 0) is 4.79 Å². The molecule has 1 heterocycles. The van der Waals surface area contributed by atoms with Gasteiger partial charge in [-0.25, -0.2) is 0 Å². The number of nitrogens with zero attached hydrogens (tertiary/aromatic N) is 1. The van der Waals surface area contributed by atoms with E-state index in [1.807, 2.05) is 4.90 Å². The van der Waals surface area contributed by atoms with Crippen molar-refractivity contribution in [3.05, 3.63) is 0 Å². The van der Waals surface area contributed by atoms with E-state index in [0.717, 1.165) is 38.8 Å². The molecule has 1 aliphatic heterocycles. The highest BCUT2D eigenvalue weighted by atomic mass is 16.3. The van der Waals surface area contributed by atoms with Crippen molar-refractivity contribution in [1.29, 1.82) is 0 Å². The third-order valence-electron chi connectivity index (χ3n) is 2.92. The van der Waals surface area contributed by atoms with Crippen molar-refractivity contribution in [3.63, 3.8) is 0 Å². The number of aliphatic hydroxyl groups is 1. The van der Waals surface area contributed by atoms with E-state index >= 15 is 0 Å². The van der Waals surface area contributed by atoms with Crippen LogP contribution in [0.4, 0.5) is 0 Å². The maximum atomic E-state index is 11.5. The van der Waals surface area contributed by atoms with Crippen LogP contribution in [-0.4, -0.2) is 35.1 Å². The molecule has 0 radical (unpaired) electrons. The first-order valence-corrected chi connectivity index (χ1v) is 5.59. The van der Waals surface area contributed by atoms with Crippen LogP contribution < -0.4 is 0 Å². The highest BCUT2D eigenvalue weighted by molar-refractivity contribution is 5.78. The summed E-state index contributed by atoms with van der Waals surface area (Å²) in [5.74, 6) is 0.858. The van der Waals surface area contributed by atoms with Crippen LogP contribution in [0.15, 0.2) is 0 Å². The van der Waals surface area contributed by atoms with Gasteiger partial charge >= 0.3 is 0 Å². The van der Waals surface area contributed by atoms with Crippen molar-refractivity contribution >= 4 is 5.91 Å². The van der Waals surface area contributed by atoms with Crippen LogP contribution in [0.3, 0.4) is 0 Å². The van der Waals surface area contributed by atoms with E-state index in [1.165, 1.54) is 0 Å². The van der Waals surface area contributed by atoms with E-state index in [-0.39, 0.29) is 6.10 Å². The van der Waals surface area contributed by atoms with Gasteiger partial charge < -0.3 is 10.0 Å². The zero-order chi connectivity index (χ0) is 10.6. The molecule has 1 rings (SSSR count). The normalized spacial score (nSPS) is 24.4. The molecular weight excluding hydrogens is 178 g/mol. The summed E-state index contributed by atoms with van der Waals surface area (Å²) in [5, 5.41) is 9.09. The largest absolute Gasteiger partial charge is 0.393 e. The quantitative estimate of drug-likeness (QED) is 0.727. The topological polar surface area (TPSA) is 40.5 Å². The van der Waals surface area contributed by atoms with E-state index in [4.69, 9.17) is 5.11 Å². The zero-order valence-corrected chi connectivity index (χ0v) is 9.20. The predicted molar refractivity (Wildman–Crippen MR) is 55.9 cm³/mol. The highest BCUT2D eigenvalue weighted by Crippen LogP contribution is 2.20. The molecule has 2 unspecified atom stereocenters. The van der Waals surface area contributed by atoms with Crippen LogP contribution in [0.1, 0.15) is 39.5 Å². The van der Waals surface area contributed by atoms with Gasteiger partial charge in [0, 0.05) is 19.5 Å². The lowest BCUT2D eigenvalue weighted by Crippen LogP contribution is -2.26. The zero-order valence-electron chi connectivity index (χ0n) is 9.20. The molecule has 1 fully saturated rings. The number of hydrogen-bond donors (Lipinski definition) is 1. The molecule has 0 aromatic carbocycles. The van der Waals surface area contributed by atoms with Gasteiger partial charge in [-0.05, 0) is 25.7 Å². The lowest BCUT2D eigenvalue weighted by molar-refractivity contribution is -0.127. The molecule has 14 heavy (non-hydrogen) atoms. The molecule has 3 nitrogen and oxygen atoms in total. The van der Waals surface area contributed by atoms with E-state index in [0.29, 0.717) is 11.8 Å². The molecule has 1 aliphatic rings. The molecule has 3 heteroatoms. The van der Waals surface area contributed by atoms with Gasteiger partial charge in [0.1, 0.15) is 0 Å². The van der Waals surface area contributed by atoms with Crippen molar-refractivity contribution in [1.82, 2.24) is 4.90 Å². The van der Waals surface area contributed by atoms with Gasteiger partial charge in [-0.3, -0.25) is 4.79 Å². The molecule has 0 spiro atoms. The lowest BCUT2D eigenvalue weighted by Gasteiger charge is -2.16. The second kappa shape index (κ2) is 5.35. The maximum absolute atomic E-state index is 11.5. The van der Waals surface area contributed by atoms with E-state index in [1.54, 1.807) is 6.92 Å². The molecule has 0 aromatic heterocycles. The Labute approximate surface area is 86.1 Å². The molecule has 1 N–H and O–H groups in total. The monoisotopic (exact) mass is 199 g/mol. The van der Waals surface area contributed by atoms with E-state index in [9.17, 15) is 4.79 Å². The first kappa shape index (κ1) is 11.5. The van der Waals surface area contributed by atoms with Crippen LogP contribution in [0, 0.1) is 5.92 Å². The standard InChI is InChI=1S/C11H21NO2/c1-3-10-7-11(14)12(8-10)6-4-5-9(2)13/h9-10,13H,3-8H2,1-2H3. The Hall–Kier alpha value is -0.570. The van der Waals surface area contributed by atoms with Crippen LogP contribution in [0.25, 0.3) is 0 Å². The van der Waals surface area contributed by atoms with Gasteiger partial charge in [0.05, 0.1) is 6.10 Å². The summed E-state index contributed by atoms with van der Waals surface area (Å²) in [5.41, 5.74) is 0. The number of carbonyl (C=O) groups is 1. The maximum Gasteiger partial charge on any atom is 0.222 e. The number of aliphatic hydroxyl groups excluding tert-OH is 1. The first-order chi connectivity index (χ1) is 6.63. The SMILES string of the molecule is CCC1CC(=O)N(CCCC(C)O)C1. The van der Waals surface area contributed by atoms with Crippen LogP contribution in [0.2, 0.25) is 0 Å². The molecule has 82 valence electrons. The summed E-state index contributed by atoms with van der Waals surface area (Å²) in [4.78, 5) is 13.4. The van der Waals surface area contributed by atoms with Crippen molar-refractivity contribution in [2.75, 3.05) is 13.1 Å². The minimum Gasteiger partial charge on any atom is -0.393 e. The van der Waals surface area contributed by atoms with Crippen LogP contribution >= 0.6 is 0 Å². The third-order valence-corrected chi connectivity index (χ3v) is 2.92. The number of rotatable bonds is 5. The fourth-order valence-electron chi connectivity index (χ4n) is 1.92. The van der Waals surface area contributed by atoms with E-state index < -0.39 is 0 Å². The van der Waals surface area contributed by atoms with Gasteiger partial charge in [-0.1, -0.05) is 13.3 Å². The first-order valence-electron chi connectivity index (χ1n) is 5.59. The van der Waals surface area contributed by atoms with E-state index in [2.05, 4.69) is 6.92 Å². The van der Waals surface area contributed by atoms with Gasteiger partial charge in [-0.15, -0.1) is 0 Å². The average molecular weight is 199 g/mol. The number of likely N-dealkylation sites (tertiary alicyclic amines) is 1. The van der Waals surface area contributed by atoms with Gasteiger partial charge in [-0.2, -0.15) is 0 Å². The minimum absolute atomic E-state index is 0.241.